The lowest BCUT2D eigenvalue weighted by molar-refractivity contribution is 0.0963. The van der Waals surface area contributed by atoms with Crippen molar-refractivity contribution in [1.29, 1.82) is 0 Å². The van der Waals surface area contributed by atoms with Crippen molar-refractivity contribution < 1.29 is 4.79 Å². The molecule has 20 heavy (non-hydrogen) atoms. The molecule has 0 aromatic heterocycles. The summed E-state index contributed by atoms with van der Waals surface area (Å²) in [7, 11) is 1.63. The smallest absolute Gasteiger partial charge is 0.251 e. The first kappa shape index (κ1) is 12.1. The van der Waals surface area contributed by atoms with Gasteiger partial charge < -0.3 is 16.4 Å². The van der Waals surface area contributed by atoms with Crippen LogP contribution in [-0.4, -0.2) is 19.0 Å². The van der Waals surface area contributed by atoms with Crippen molar-refractivity contribution in [2.45, 2.75) is 25.3 Å². The molecule has 0 spiro atoms. The van der Waals surface area contributed by atoms with E-state index in [9.17, 15) is 4.79 Å². The van der Waals surface area contributed by atoms with Crippen molar-refractivity contribution in [3.8, 4) is 0 Å². The highest BCUT2D eigenvalue weighted by Crippen LogP contribution is 2.66. The predicted octanol–water partition coefficient (Wildman–Crippen LogP) is 2.08. The Labute approximate surface area is 119 Å². The van der Waals surface area contributed by atoms with Gasteiger partial charge in [0.25, 0.3) is 5.91 Å². The van der Waals surface area contributed by atoms with Gasteiger partial charge in [-0.15, -0.1) is 0 Å². The molecular weight excluding hydrogens is 250 g/mol. The quantitative estimate of drug-likeness (QED) is 0.737. The highest BCUT2D eigenvalue weighted by molar-refractivity contribution is 5.95. The second-order valence-electron chi connectivity index (χ2n) is 6.54. The molecule has 3 saturated carbocycles. The fourth-order valence-electron chi connectivity index (χ4n) is 4.68. The SMILES string of the molecule is CNC(=O)c1ccc(NC2C3C4CCC(C4)C23)c(N)c1. The molecule has 4 nitrogen and oxygen atoms in total. The van der Waals surface area contributed by atoms with Gasteiger partial charge in [-0.25, -0.2) is 0 Å². The van der Waals surface area contributed by atoms with Crippen molar-refractivity contribution in [2.75, 3.05) is 18.1 Å². The molecule has 0 aliphatic heterocycles. The van der Waals surface area contributed by atoms with Crippen LogP contribution in [0.3, 0.4) is 0 Å². The summed E-state index contributed by atoms with van der Waals surface area (Å²) < 4.78 is 0. The Morgan fingerprint density at radius 2 is 1.95 bits per heavy atom. The number of hydrogen-bond donors (Lipinski definition) is 3. The lowest BCUT2D eigenvalue weighted by Gasteiger charge is -2.14. The van der Waals surface area contributed by atoms with Crippen molar-refractivity contribution in [3.63, 3.8) is 0 Å². The van der Waals surface area contributed by atoms with Gasteiger partial charge in [0.05, 0.1) is 11.4 Å². The number of nitrogens with two attached hydrogens (primary N) is 1. The number of anilines is 2. The van der Waals surface area contributed by atoms with E-state index in [2.05, 4.69) is 10.6 Å². The van der Waals surface area contributed by atoms with E-state index in [1.54, 1.807) is 13.1 Å². The fourth-order valence-corrected chi connectivity index (χ4v) is 4.68. The molecule has 3 aliphatic rings. The number of nitrogen functional groups attached to an aromatic ring is 1. The molecule has 4 atom stereocenters. The Balaban J connectivity index is 1.49. The average Bonchev–Trinajstić information content (AvgIpc) is 2.84. The predicted molar refractivity (Wildman–Crippen MR) is 79.5 cm³/mol. The molecule has 4 rings (SSSR count). The average molecular weight is 271 g/mol. The molecule has 0 saturated heterocycles. The molecule has 0 radical (unpaired) electrons. The van der Waals surface area contributed by atoms with E-state index in [1.165, 1.54) is 19.3 Å². The first-order chi connectivity index (χ1) is 9.69. The first-order valence-electron chi connectivity index (χ1n) is 7.57. The highest BCUT2D eigenvalue weighted by Gasteiger charge is 2.65. The van der Waals surface area contributed by atoms with Gasteiger partial charge in [-0.2, -0.15) is 0 Å². The minimum absolute atomic E-state index is 0.0930. The van der Waals surface area contributed by atoms with Crippen molar-refractivity contribution >= 4 is 17.3 Å². The van der Waals surface area contributed by atoms with Gasteiger partial charge in [-0.1, -0.05) is 0 Å². The van der Waals surface area contributed by atoms with E-state index in [1.807, 2.05) is 12.1 Å². The summed E-state index contributed by atoms with van der Waals surface area (Å²) in [6, 6.07) is 6.16. The van der Waals surface area contributed by atoms with E-state index in [-0.39, 0.29) is 5.91 Å². The molecule has 0 heterocycles. The molecule has 1 aromatic rings. The van der Waals surface area contributed by atoms with Crippen molar-refractivity contribution in [3.05, 3.63) is 23.8 Å². The molecule has 2 bridgehead atoms. The third-order valence-electron chi connectivity index (χ3n) is 5.60. The summed E-state index contributed by atoms with van der Waals surface area (Å²) in [5, 5.41) is 6.23. The Bertz CT molecular complexity index is 555. The van der Waals surface area contributed by atoms with Crippen molar-refractivity contribution in [2.24, 2.45) is 23.7 Å². The Kier molecular flexibility index (Phi) is 2.50. The minimum Gasteiger partial charge on any atom is -0.397 e. The fraction of sp³-hybridized carbons (Fsp3) is 0.562. The maximum absolute atomic E-state index is 11.6. The summed E-state index contributed by atoms with van der Waals surface area (Å²) in [6.45, 7) is 0. The highest BCUT2D eigenvalue weighted by atomic mass is 16.1. The number of carbonyl (C=O) groups excluding carboxylic acids is 1. The largest absolute Gasteiger partial charge is 0.397 e. The molecule has 1 amide bonds. The zero-order valence-corrected chi connectivity index (χ0v) is 11.7. The number of rotatable bonds is 3. The summed E-state index contributed by atoms with van der Waals surface area (Å²) in [6.07, 6.45) is 4.31. The van der Waals surface area contributed by atoms with Gasteiger partial charge in [0.15, 0.2) is 0 Å². The van der Waals surface area contributed by atoms with Crippen LogP contribution in [0.1, 0.15) is 29.6 Å². The summed E-state index contributed by atoms with van der Waals surface area (Å²) in [5.74, 6) is 3.57. The zero-order valence-electron chi connectivity index (χ0n) is 11.7. The van der Waals surface area contributed by atoms with Gasteiger partial charge in [0, 0.05) is 18.7 Å². The third-order valence-corrected chi connectivity index (χ3v) is 5.60. The third kappa shape index (κ3) is 1.63. The van der Waals surface area contributed by atoms with Gasteiger partial charge in [-0.3, -0.25) is 4.79 Å². The summed E-state index contributed by atoms with van der Waals surface area (Å²) >= 11 is 0. The van der Waals surface area contributed by atoms with Crippen LogP contribution in [0.25, 0.3) is 0 Å². The normalized spacial score (nSPS) is 36.5. The minimum atomic E-state index is -0.0930. The Morgan fingerprint density at radius 3 is 2.55 bits per heavy atom. The molecule has 3 aliphatic carbocycles. The molecule has 4 N–H and O–H groups in total. The standard InChI is InChI=1S/C16H21N3O/c1-18-16(20)10-4-5-12(11(17)7-10)19-15-13-8-2-3-9(6-8)14(13)15/h4-5,7-9,13-15,19H,2-3,6,17H2,1H3,(H,18,20). The van der Waals surface area contributed by atoms with Gasteiger partial charge in [0.2, 0.25) is 0 Å². The van der Waals surface area contributed by atoms with Crippen LogP contribution in [-0.2, 0) is 0 Å². The van der Waals surface area contributed by atoms with E-state index < -0.39 is 0 Å². The van der Waals surface area contributed by atoms with Crippen LogP contribution in [0.15, 0.2) is 18.2 Å². The lowest BCUT2D eigenvalue weighted by atomic mass is 10.0. The van der Waals surface area contributed by atoms with Crippen LogP contribution in [0.2, 0.25) is 0 Å². The summed E-state index contributed by atoms with van der Waals surface area (Å²) in [5.41, 5.74) is 8.35. The van der Waals surface area contributed by atoms with Crippen LogP contribution >= 0.6 is 0 Å². The Hall–Kier alpha value is -1.71. The van der Waals surface area contributed by atoms with E-state index in [0.29, 0.717) is 17.3 Å². The number of nitrogens with one attached hydrogen (secondary N) is 2. The number of carbonyl (C=O) groups is 1. The second-order valence-corrected chi connectivity index (χ2v) is 6.54. The maximum atomic E-state index is 11.6. The monoisotopic (exact) mass is 271 g/mol. The molecule has 4 heteroatoms. The number of benzene rings is 1. The van der Waals surface area contributed by atoms with Crippen LogP contribution in [0, 0.1) is 23.7 Å². The molecule has 3 fully saturated rings. The number of fused-ring (bicyclic) bond motifs is 5. The molecule has 106 valence electrons. The van der Waals surface area contributed by atoms with E-state index in [4.69, 9.17) is 5.73 Å². The first-order valence-corrected chi connectivity index (χ1v) is 7.57. The molecule has 4 unspecified atom stereocenters. The van der Waals surface area contributed by atoms with Crippen molar-refractivity contribution in [1.82, 2.24) is 5.32 Å². The molecule has 1 aromatic carbocycles. The summed E-state index contributed by atoms with van der Waals surface area (Å²) in [4.78, 5) is 11.6. The van der Waals surface area contributed by atoms with Crippen LogP contribution in [0.4, 0.5) is 11.4 Å². The van der Waals surface area contributed by atoms with Gasteiger partial charge in [-0.05, 0) is 61.1 Å². The van der Waals surface area contributed by atoms with E-state index in [0.717, 1.165) is 29.4 Å². The number of hydrogen-bond acceptors (Lipinski definition) is 3. The van der Waals surface area contributed by atoms with E-state index >= 15 is 0 Å². The topological polar surface area (TPSA) is 67.2 Å². The second kappa shape index (κ2) is 4.14. The van der Waals surface area contributed by atoms with Crippen LogP contribution in [0.5, 0.6) is 0 Å². The van der Waals surface area contributed by atoms with Crippen LogP contribution < -0.4 is 16.4 Å². The zero-order chi connectivity index (χ0) is 13.9. The van der Waals surface area contributed by atoms with Gasteiger partial charge >= 0.3 is 0 Å². The Morgan fingerprint density at radius 1 is 1.25 bits per heavy atom. The number of amides is 1. The van der Waals surface area contributed by atoms with Gasteiger partial charge in [0.1, 0.15) is 0 Å². The lowest BCUT2D eigenvalue weighted by Crippen LogP contribution is -2.18. The maximum Gasteiger partial charge on any atom is 0.251 e. The molecular formula is C16H21N3O.